The highest BCUT2D eigenvalue weighted by atomic mass is 19.4. The Kier molecular flexibility index (Phi) is 8.31. The third-order valence-electron chi connectivity index (χ3n) is 8.79. The number of rotatable bonds is 7. The van der Waals surface area contributed by atoms with Crippen LogP contribution in [0.25, 0.3) is 0 Å². The summed E-state index contributed by atoms with van der Waals surface area (Å²) < 4.78 is 47.0. The van der Waals surface area contributed by atoms with Crippen molar-refractivity contribution in [1.82, 2.24) is 14.8 Å². The second kappa shape index (κ2) is 11.6. The Morgan fingerprint density at radius 3 is 2.38 bits per heavy atom. The van der Waals surface area contributed by atoms with Crippen LogP contribution in [0.15, 0.2) is 48.5 Å². The highest BCUT2D eigenvalue weighted by Gasteiger charge is 2.51. The molecule has 6 nitrogen and oxygen atoms in total. The van der Waals surface area contributed by atoms with E-state index >= 15 is 0 Å². The Morgan fingerprint density at radius 1 is 1.00 bits per heavy atom. The van der Waals surface area contributed by atoms with E-state index in [1.165, 1.54) is 22.6 Å². The first-order valence-electron chi connectivity index (χ1n) is 14.2. The molecule has 3 fully saturated rings. The smallest absolute Gasteiger partial charge is 0.375 e. The van der Waals surface area contributed by atoms with E-state index in [0.717, 1.165) is 77.3 Å². The lowest BCUT2D eigenvalue weighted by atomic mass is 9.76. The molecule has 1 aromatic carbocycles. The van der Waals surface area contributed by atoms with Gasteiger partial charge in [0.15, 0.2) is 0 Å². The number of piperazine rings is 1. The van der Waals surface area contributed by atoms with Crippen molar-refractivity contribution >= 4 is 11.7 Å². The van der Waals surface area contributed by atoms with Gasteiger partial charge >= 0.3 is 6.18 Å². The van der Waals surface area contributed by atoms with E-state index in [0.29, 0.717) is 13.2 Å². The van der Waals surface area contributed by atoms with Crippen LogP contribution in [0.4, 0.5) is 19.0 Å². The fourth-order valence-electron chi connectivity index (χ4n) is 6.78. The van der Waals surface area contributed by atoms with Crippen LogP contribution in [0, 0.1) is 0 Å². The standard InChI is InChI=1S/C30H39F3N4O2/c1-2-27(38)37(26-12-8-11-25(34-26)30(31,32)33)23-28(15-20-39-29(22-28)13-6-7-14-29)36-18-16-35(17-19-36)21-24-9-4-3-5-10-24/h3-5,8-12H,2,6-7,13-23H2,1H3. The number of carbonyl (C=O) groups is 1. The van der Waals surface area contributed by atoms with Gasteiger partial charge < -0.3 is 4.74 Å². The number of aromatic nitrogens is 1. The monoisotopic (exact) mass is 544 g/mol. The Labute approximate surface area is 229 Å². The summed E-state index contributed by atoms with van der Waals surface area (Å²) in [6, 6.07) is 14.3. The van der Waals surface area contributed by atoms with Gasteiger partial charge in [-0.1, -0.05) is 56.2 Å². The van der Waals surface area contributed by atoms with E-state index in [1.807, 2.05) is 6.07 Å². The van der Waals surface area contributed by atoms with Gasteiger partial charge in [0.25, 0.3) is 0 Å². The van der Waals surface area contributed by atoms with Gasteiger partial charge in [-0.3, -0.25) is 19.5 Å². The number of amides is 1. The van der Waals surface area contributed by atoms with Crippen LogP contribution in [0.3, 0.4) is 0 Å². The highest BCUT2D eigenvalue weighted by Crippen LogP contribution is 2.46. The molecule has 1 saturated carbocycles. The fraction of sp³-hybridized carbons (Fsp3) is 0.600. The lowest BCUT2D eigenvalue weighted by molar-refractivity contribution is -0.142. The molecule has 1 amide bonds. The minimum absolute atomic E-state index is 0.0747. The predicted molar refractivity (Wildman–Crippen MR) is 144 cm³/mol. The van der Waals surface area contributed by atoms with Crippen molar-refractivity contribution in [3.63, 3.8) is 0 Å². The molecular weight excluding hydrogens is 505 g/mol. The van der Waals surface area contributed by atoms with Crippen LogP contribution < -0.4 is 4.90 Å². The molecule has 5 rings (SSSR count). The number of hydrogen-bond donors (Lipinski definition) is 0. The largest absolute Gasteiger partial charge is 0.433 e. The summed E-state index contributed by atoms with van der Waals surface area (Å²) in [7, 11) is 0. The highest BCUT2D eigenvalue weighted by molar-refractivity contribution is 5.92. The molecule has 2 saturated heterocycles. The Morgan fingerprint density at radius 2 is 1.72 bits per heavy atom. The third-order valence-corrected chi connectivity index (χ3v) is 8.79. The number of hydrogen-bond acceptors (Lipinski definition) is 5. The van der Waals surface area contributed by atoms with E-state index in [-0.39, 0.29) is 29.3 Å². The van der Waals surface area contributed by atoms with Gasteiger partial charge in [0.2, 0.25) is 5.91 Å². The summed E-state index contributed by atoms with van der Waals surface area (Å²) in [5.41, 5.74) is -0.298. The van der Waals surface area contributed by atoms with Gasteiger partial charge in [-0.25, -0.2) is 4.98 Å². The maximum atomic E-state index is 13.5. The van der Waals surface area contributed by atoms with E-state index < -0.39 is 11.9 Å². The van der Waals surface area contributed by atoms with Crippen LogP contribution in [-0.2, 0) is 22.3 Å². The lowest BCUT2D eigenvalue weighted by Gasteiger charge is -2.55. The maximum Gasteiger partial charge on any atom is 0.433 e. The average Bonchev–Trinajstić information content (AvgIpc) is 3.39. The summed E-state index contributed by atoms with van der Waals surface area (Å²) in [6.07, 6.45) is 1.36. The summed E-state index contributed by atoms with van der Waals surface area (Å²) in [5, 5.41) is 0. The number of pyridine rings is 1. The van der Waals surface area contributed by atoms with Crippen molar-refractivity contribution in [2.24, 2.45) is 0 Å². The quantitative estimate of drug-likeness (QED) is 0.459. The maximum absolute atomic E-state index is 13.5. The molecule has 2 aliphatic heterocycles. The Hall–Kier alpha value is -2.49. The first kappa shape index (κ1) is 28.1. The van der Waals surface area contributed by atoms with Crippen LogP contribution in [-0.4, -0.2) is 71.2 Å². The number of carbonyl (C=O) groups excluding carboxylic acids is 1. The number of ether oxygens (including phenoxy) is 1. The van der Waals surface area contributed by atoms with Gasteiger partial charge in [0.1, 0.15) is 11.5 Å². The summed E-state index contributed by atoms with van der Waals surface area (Å²) in [6.45, 7) is 7.03. The van der Waals surface area contributed by atoms with Crippen molar-refractivity contribution in [3.8, 4) is 0 Å². The number of alkyl halides is 3. The molecule has 9 heteroatoms. The molecule has 1 atom stereocenters. The van der Waals surface area contributed by atoms with Crippen LogP contribution in [0.5, 0.6) is 0 Å². The van der Waals surface area contributed by atoms with Crippen LogP contribution in [0.1, 0.15) is 63.1 Å². The van der Waals surface area contributed by atoms with Crippen molar-refractivity contribution in [1.29, 1.82) is 0 Å². The van der Waals surface area contributed by atoms with Gasteiger partial charge in [0.05, 0.1) is 5.60 Å². The molecule has 1 unspecified atom stereocenters. The zero-order valence-electron chi connectivity index (χ0n) is 22.8. The molecule has 3 heterocycles. The van der Waals surface area contributed by atoms with Gasteiger partial charge in [-0.15, -0.1) is 0 Å². The number of anilines is 1. The topological polar surface area (TPSA) is 48.9 Å². The van der Waals surface area contributed by atoms with Crippen LogP contribution >= 0.6 is 0 Å². The first-order chi connectivity index (χ1) is 18.7. The van der Waals surface area contributed by atoms with Crippen LogP contribution in [0.2, 0.25) is 0 Å². The zero-order chi connectivity index (χ0) is 27.5. The molecule has 3 aliphatic rings. The summed E-state index contributed by atoms with van der Waals surface area (Å²) >= 11 is 0. The molecule has 39 heavy (non-hydrogen) atoms. The molecule has 1 aliphatic carbocycles. The van der Waals surface area contributed by atoms with Crippen molar-refractivity contribution in [2.45, 2.75) is 75.7 Å². The normalized spacial score (nSPS) is 24.2. The number of halogens is 3. The zero-order valence-corrected chi connectivity index (χ0v) is 22.8. The van der Waals surface area contributed by atoms with Gasteiger partial charge in [-0.2, -0.15) is 13.2 Å². The van der Waals surface area contributed by atoms with Gasteiger partial charge in [0, 0.05) is 57.8 Å². The average molecular weight is 545 g/mol. The van der Waals surface area contributed by atoms with E-state index in [9.17, 15) is 18.0 Å². The fourth-order valence-corrected chi connectivity index (χ4v) is 6.78. The predicted octanol–water partition coefficient (Wildman–Crippen LogP) is 5.52. The van der Waals surface area contributed by atoms with E-state index in [2.05, 4.69) is 39.0 Å². The second-order valence-corrected chi connectivity index (χ2v) is 11.4. The molecule has 0 N–H and O–H groups in total. The second-order valence-electron chi connectivity index (χ2n) is 11.4. The molecular formula is C30H39F3N4O2. The van der Waals surface area contributed by atoms with Crippen molar-refractivity contribution in [3.05, 3.63) is 59.8 Å². The molecule has 0 radical (unpaired) electrons. The van der Waals surface area contributed by atoms with E-state index in [4.69, 9.17) is 4.74 Å². The first-order valence-corrected chi connectivity index (χ1v) is 14.2. The lowest BCUT2D eigenvalue weighted by Crippen LogP contribution is -2.66. The molecule has 1 aromatic heterocycles. The minimum Gasteiger partial charge on any atom is -0.375 e. The number of benzene rings is 1. The SMILES string of the molecule is CCC(=O)N(CC1(N2CCN(Cc3ccccc3)CC2)CCOC2(CCCC2)C1)c1cccc(C(F)(F)F)n1. The van der Waals surface area contributed by atoms with Gasteiger partial charge in [-0.05, 0) is 43.4 Å². The molecule has 0 bridgehead atoms. The van der Waals surface area contributed by atoms with E-state index in [1.54, 1.807) is 6.92 Å². The summed E-state index contributed by atoms with van der Waals surface area (Å²) in [5.74, 6) is -0.137. The molecule has 1 spiro atoms. The minimum atomic E-state index is -4.57. The van der Waals surface area contributed by atoms with Crippen molar-refractivity contribution < 1.29 is 22.7 Å². The molecule has 212 valence electrons. The van der Waals surface area contributed by atoms with Crippen molar-refractivity contribution in [2.75, 3.05) is 44.2 Å². The third kappa shape index (κ3) is 6.31. The Bertz CT molecular complexity index is 1110. The Balaban J connectivity index is 1.42. The number of nitrogens with zero attached hydrogens (tertiary/aromatic N) is 4. The molecule has 2 aromatic rings. The summed E-state index contributed by atoms with van der Waals surface area (Å²) in [4.78, 5) is 23.7.